The van der Waals surface area contributed by atoms with Gasteiger partial charge in [-0.1, -0.05) is 72.3 Å². The molecule has 0 radical (unpaired) electrons. The smallest absolute Gasteiger partial charge is 0.330 e. The first-order valence-corrected chi connectivity index (χ1v) is 13.1. The van der Waals surface area contributed by atoms with E-state index in [9.17, 15) is 4.79 Å². The Hall–Kier alpha value is -3.81. The van der Waals surface area contributed by atoms with Crippen molar-refractivity contribution in [2.45, 2.75) is 25.6 Å². The normalized spacial score (nSPS) is 12.0. The van der Waals surface area contributed by atoms with Gasteiger partial charge in [0.05, 0.1) is 5.56 Å². The molecule has 0 aliphatic heterocycles. The van der Waals surface area contributed by atoms with Crippen molar-refractivity contribution in [3.8, 4) is 22.8 Å². The number of allylic oxidation sites excluding steroid dienone is 1. The number of benzene rings is 3. The van der Waals surface area contributed by atoms with E-state index in [1.807, 2.05) is 60.7 Å². The highest BCUT2D eigenvalue weighted by Crippen LogP contribution is 2.34. The van der Waals surface area contributed by atoms with Crippen LogP contribution in [0.2, 0.25) is 0 Å². The molecule has 6 nitrogen and oxygen atoms in total. The second-order valence-corrected chi connectivity index (χ2v) is 9.62. The molecule has 0 fully saturated rings. The van der Waals surface area contributed by atoms with E-state index in [1.54, 1.807) is 19.2 Å². The SMILES string of the molecule is C/C(=C\C(=O)O)NCc1cccc(OC(Cl)c2cccnc2OCc2cccc(-c3ccccc3)c2Br)c1. The van der Waals surface area contributed by atoms with Gasteiger partial charge in [0.25, 0.3) is 0 Å². The van der Waals surface area contributed by atoms with E-state index in [4.69, 9.17) is 26.2 Å². The van der Waals surface area contributed by atoms with Crippen molar-refractivity contribution in [3.63, 3.8) is 0 Å². The largest absolute Gasteiger partial charge is 0.478 e. The number of aliphatic carboxylic acids is 1. The molecule has 0 spiro atoms. The van der Waals surface area contributed by atoms with Gasteiger partial charge in [0, 0.05) is 34.6 Å². The van der Waals surface area contributed by atoms with Crippen LogP contribution < -0.4 is 14.8 Å². The number of nitrogens with one attached hydrogen (secondary N) is 1. The van der Waals surface area contributed by atoms with Gasteiger partial charge in [0.1, 0.15) is 12.4 Å². The molecule has 1 aromatic heterocycles. The molecule has 0 aliphatic carbocycles. The first-order valence-electron chi connectivity index (χ1n) is 11.9. The lowest BCUT2D eigenvalue weighted by molar-refractivity contribution is -0.131. The molecule has 0 saturated heterocycles. The fourth-order valence-corrected chi connectivity index (χ4v) is 4.64. The van der Waals surface area contributed by atoms with Crippen LogP contribution in [0, 0.1) is 0 Å². The maximum atomic E-state index is 10.8. The Labute approximate surface area is 235 Å². The lowest BCUT2D eigenvalue weighted by Crippen LogP contribution is -2.12. The maximum absolute atomic E-state index is 10.8. The van der Waals surface area contributed by atoms with E-state index in [1.165, 1.54) is 0 Å². The average Bonchev–Trinajstić information content (AvgIpc) is 2.92. The molecule has 4 rings (SSSR count). The third kappa shape index (κ3) is 7.37. The molecule has 1 unspecified atom stereocenters. The van der Waals surface area contributed by atoms with Crippen molar-refractivity contribution in [2.24, 2.45) is 0 Å². The lowest BCUT2D eigenvalue weighted by atomic mass is 10.0. The quantitative estimate of drug-likeness (QED) is 0.139. The van der Waals surface area contributed by atoms with Gasteiger partial charge in [-0.05, 0) is 63.8 Å². The summed E-state index contributed by atoms with van der Waals surface area (Å²) >= 11 is 10.4. The average molecular weight is 594 g/mol. The standard InChI is InChI=1S/C30H26BrClN2O4/c1-20(16-27(35)36)34-18-21-8-5-12-24(17-21)38-29(32)26-14-7-15-33-30(26)37-19-23-11-6-13-25(28(23)31)22-9-3-2-4-10-22/h2-17,29,34H,18-19H2,1H3,(H,35,36)/b20-16+. The van der Waals surface area contributed by atoms with E-state index < -0.39 is 11.5 Å². The Morgan fingerprint density at radius 3 is 2.66 bits per heavy atom. The molecule has 1 heterocycles. The van der Waals surface area contributed by atoms with Crippen LogP contribution in [-0.2, 0) is 17.9 Å². The minimum Gasteiger partial charge on any atom is -0.478 e. The summed E-state index contributed by atoms with van der Waals surface area (Å²) in [7, 11) is 0. The van der Waals surface area contributed by atoms with Crippen molar-refractivity contribution in [1.29, 1.82) is 0 Å². The van der Waals surface area contributed by atoms with Gasteiger partial charge in [0.2, 0.25) is 11.4 Å². The Balaban J connectivity index is 1.44. The predicted molar refractivity (Wildman–Crippen MR) is 152 cm³/mol. The Morgan fingerprint density at radius 1 is 1.08 bits per heavy atom. The lowest BCUT2D eigenvalue weighted by Gasteiger charge is -2.17. The van der Waals surface area contributed by atoms with Gasteiger partial charge in [-0.15, -0.1) is 0 Å². The van der Waals surface area contributed by atoms with Gasteiger partial charge in [-0.2, -0.15) is 0 Å². The van der Waals surface area contributed by atoms with E-state index >= 15 is 0 Å². The number of alkyl halides is 1. The highest BCUT2D eigenvalue weighted by molar-refractivity contribution is 9.10. The first kappa shape index (κ1) is 27.2. The third-order valence-corrected chi connectivity index (χ3v) is 6.88. The molecule has 2 N–H and O–H groups in total. The monoisotopic (exact) mass is 592 g/mol. The number of carboxylic acid groups (broad SMARTS) is 1. The molecule has 0 aliphatic rings. The molecule has 0 saturated carbocycles. The van der Waals surface area contributed by atoms with E-state index in [0.717, 1.165) is 32.8 Å². The van der Waals surface area contributed by atoms with Gasteiger partial charge in [-0.25, -0.2) is 9.78 Å². The van der Waals surface area contributed by atoms with Gasteiger partial charge in [-0.3, -0.25) is 0 Å². The van der Waals surface area contributed by atoms with E-state index in [2.05, 4.69) is 44.4 Å². The number of rotatable bonds is 11. The summed E-state index contributed by atoms with van der Waals surface area (Å²) in [5.41, 5.74) is 4.40. The molecule has 38 heavy (non-hydrogen) atoms. The summed E-state index contributed by atoms with van der Waals surface area (Å²) in [4.78, 5) is 15.2. The highest BCUT2D eigenvalue weighted by atomic mass is 79.9. The van der Waals surface area contributed by atoms with Crippen LogP contribution in [0.25, 0.3) is 11.1 Å². The summed E-state index contributed by atoms with van der Waals surface area (Å²) in [6.45, 7) is 2.43. The van der Waals surface area contributed by atoms with Crippen molar-refractivity contribution >= 4 is 33.5 Å². The van der Waals surface area contributed by atoms with E-state index in [-0.39, 0.29) is 0 Å². The summed E-state index contributed by atoms with van der Waals surface area (Å²) in [6, 6.07) is 27.2. The predicted octanol–water partition coefficient (Wildman–Crippen LogP) is 7.48. The second kappa shape index (κ2) is 13.1. The molecule has 194 valence electrons. The van der Waals surface area contributed by atoms with Crippen LogP contribution in [0.5, 0.6) is 11.6 Å². The van der Waals surface area contributed by atoms with Crippen LogP contribution >= 0.6 is 27.5 Å². The zero-order valence-electron chi connectivity index (χ0n) is 20.6. The number of ether oxygens (including phenoxy) is 2. The highest BCUT2D eigenvalue weighted by Gasteiger charge is 2.18. The Bertz CT molecular complexity index is 1430. The number of aromatic nitrogens is 1. The zero-order chi connectivity index (χ0) is 26.9. The number of carbonyl (C=O) groups is 1. The van der Waals surface area contributed by atoms with Crippen molar-refractivity contribution < 1.29 is 19.4 Å². The fraction of sp³-hybridized carbons (Fsp3) is 0.133. The van der Waals surface area contributed by atoms with Crippen LogP contribution in [0.15, 0.2) is 107 Å². The summed E-state index contributed by atoms with van der Waals surface area (Å²) < 4.78 is 13.1. The third-order valence-electron chi connectivity index (χ3n) is 5.62. The topological polar surface area (TPSA) is 80.7 Å². The molecule has 0 bridgehead atoms. The van der Waals surface area contributed by atoms with Crippen molar-refractivity contribution in [3.05, 3.63) is 124 Å². The molecule has 4 aromatic rings. The molecule has 3 aromatic carbocycles. The van der Waals surface area contributed by atoms with Crippen LogP contribution in [-0.4, -0.2) is 16.1 Å². The summed E-state index contributed by atoms with van der Waals surface area (Å²) in [6.07, 6.45) is 2.77. The van der Waals surface area contributed by atoms with Gasteiger partial charge in [0.15, 0.2) is 0 Å². The van der Waals surface area contributed by atoms with Crippen molar-refractivity contribution in [2.75, 3.05) is 0 Å². The number of halogens is 2. The van der Waals surface area contributed by atoms with Gasteiger partial charge >= 0.3 is 5.97 Å². The Morgan fingerprint density at radius 2 is 1.87 bits per heavy atom. The van der Waals surface area contributed by atoms with Crippen LogP contribution in [0.4, 0.5) is 0 Å². The minimum atomic E-state index is -0.997. The number of nitrogens with zero attached hydrogens (tertiary/aromatic N) is 1. The zero-order valence-corrected chi connectivity index (χ0v) is 22.9. The second-order valence-electron chi connectivity index (χ2n) is 8.43. The summed E-state index contributed by atoms with van der Waals surface area (Å²) in [5.74, 6) is -0.0446. The maximum Gasteiger partial charge on any atom is 0.330 e. The van der Waals surface area contributed by atoms with Gasteiger partial charge < -0.3 is 19.9 Å². The number of hydrogen-bond donors (Lipinski definition) is 2. The number of carboxylic acids is 1. The minimum absolute atomic E-state index is 0.291. The summed E-state index contributed by atoms with van der Waals surface area (Å²) in [5, 5.41) is 11.9. The van der Waals surface area contributed by atoms with Crippen LogP contribution in [0.1, 0.15) is 29.2 Å². The molecule has 0 amide bonds. The fourth-order valence-electron chi connectivity index (χ4n) is 3.76. The first-order chi connectivity index (χ1) is 18.4. The molecular formula is C30H26BrClN2O4. The number of pyridine rings is 1. The molecular weight excluding hydrogens is 568 g/mol. The van der Waals surface area contributed by atoms with Crippen molar-refractivity contribution in [1.82, 2.24) is 10.3 Å². The molecule has 1 atom stereocenters. The van der Waals surface area contributed by atoms with E-state index in [0.29, 0.717) is 36.0 Å². The van der Waals surface area contributed by atoms with Crippen LogP contribution in [0.3, 0.4) is 0 Å². The molecule has 8 heteroatoms. The Kier molecular flexibility index (Phi) is 9.40. The number of hydrogen-bond acceptors (Lipinski definition) is 5.